The van der Waals surface area contributed by atoms with Crippen LogP contribution in [0.3, 0.4) is 0 Å². The van der Waals surface area contributed by atoms with Gasteiger partial charge in [-0.1, -0.05) is 29.3 Å². The Bertz CT molecular complexity index is 1000. The van der Waals surface area contributed by atoms with Crippen LogP contribution in [0.4, 0.5) is 10.3 Å². The first-order chi connectivity index (χ1) is 12.0. The van der Waals surface area contributed by atoms with Gasteiger partial charge in [0.1, 0.15) is 23.9 Å². The highest BCUT2D eigenvalue weighted by atomic mass is 35.5. The van der Waals surface area contributed by atoms with Crippen LogP contribution < -0.4 is 5.32 Å². The van der Waals surface area contributed by atoms with E-state index in [0.29, 0.717) is 27.3 Å². The SMILES string of the molecule is Oc1ccc(F)cc1C1=C[C@@H](c2ccc(Cl)cc2Cl)n2ncnc2N1. The van der Waals surface area contributed by atoms with Crippen LogP contribution in [-0.4, -0.2) is 19.9 Å². The van der Waals surface area contributed by atoms with Crippen molar-refractivity contribution >= 4 is 34.8 Å². The Morgan fingerprint density at radius 1 is 1.16 bits per heavy atom. The molecule has 4 rings (SSSR count). The van der Waals surface area contributed by atoms with Gasteiger partial charge in [-0.15, -0.1) is 0 Å². The molecule has 0 amide bonds. The highest BCUT2D eigenvalue weighted by molar-refractivity contribution is 6.35. The molecule has 126 valence electrons. The summed E-state index contributed by atoms with van der Waals surface area (Å²) in [4.78, 5) is 4.16. The van der Waals surface area contributed by atoms with E-state index < -0.39 is 5.82 Å². The maximum absolute atomic E-state index is 13.6. The number of fused-ring (bicyclic) bond motifs is 1. The number of nitrogens with one attached hydrogen (secondary N) is 1. The van der Waals surface area contributed by atoms with E-state index in [1.807, 2.05) is 0 Å². The summed E-state index contributed by atoms with van der Waals surface area (Å²) < 4.78 is 15.3. The first-order valence-corrected chi connectivity index (χ1v) is 8.11. The third-order valence-corrected chi connectivity index (χ3v) is 4.50. The first-order valence-electron chi connectivity index (χ1n) is 7.35. The lowest BCUT2D eigenvalue weighted by Crippen LogP contribution is -2.20. The Balaban J connectivity index is 1.87. The number of phenolic OH excluding ortho intramolecular Hbond substituents is 1. The van der Waals surface area contributed by atoms with Crippen molar-refractivity contribution in [2.24, 2.45) is 0 Å². The number of anilines is 1. The van der Waals surface area contributed by atoms with E-state index in [1.165, 1.54) is 24.5 Å². The molecular formula is C17H11Cl2FN4O. The molecule has 0 bridgehead atoms. The predicted octanol–water partition coefficient (Wildman–Crippen LogP) is 4.49. The van der Waals surface area contributed by atoms with Crippen LogP contribution in [0.2, 0.25) is 10.0 Å². The number of aromatic nitrogens is 3. The standard InChI is InChI=1S/C17H11Cl2FN4O/c18-9-1-3-11(13(19)5-9)15-7-14(23-17-21-8-22-24(15)17)12-6-10(20)2-4-16(12)25/h1-8,15,25H,(H,21,22,23)/t15-/m0/s1. The van der Waals surface area contributed by atoms with Gasteiger partial charge in [-0.25, -0.2) is 9.07 Å². The predicted molar refractivity (Wildman–Crippen MR) is 94.3 cm³/mol. The lowest BCUT2D eigenvalue weighted by atomic mass is 10.0. The maximum atomic E-state index is 13.6. The average Bonchev–Trinajstić information content (AvgIpc) is 3.05. The van der Waals surface area contributed by atoms with E-state index >= 15 is 0 Å². The quantitative estimate of drug-likeness (QED) is 0.691. The second kappa shape index (κ2) is 6.06. The van der Waals surface area contributed by atoms with Crippen molar-refractivity contribution in [3.8, 4) is 5.75 Å². The Morgan fingerprint density at radius 3 is 2.80 bits per heavy atom. The van der Waals surface area contributed by atoms with Crippen LogP contribution in [0.25, 0.3) is 5.70 Å². The van der Waals surface area contributed by atoms with Crippen LogP contribution >= 0.6 is 23.2 Å². The minimum Gasteiger partial charge on any atom is -0.507 e. The minimum atomic E-state index is -0.455. The number of rotatable bonds is 2. The summed E-state index contributed by atoms with van der Waals surface area (Å²) in [6.45, 7) is 0. The third-order valence-electron chi connectivity index (χ3n) is 3.94. The van der Waals surface area contributed by atoms with Crippen LogP contribution in [0, 0.1) is 5.82 Å². The largest absolute Gasteiger partial charge is 0.507 e. The highest BCUT2D eigenvalue weighted by Gasteiger charge is 2.26. The molecule has 2 aromatic carbocycles. The smallest absolute Gasteiger partial charge is 0.226 e. The van der Waals surface area contributed by atoms with Gasteiger partial charge >= 0.3 is 0 Å². The first kappa shape index (κ1) is 15.9. The number of allylic oxidation sites excluding steroid dienone is 1. The van der Waals surface area contributed by atoms with Crippen molar-refractivity contribution < 1.29 is 9.50 Å². The van der Waals surface area contributed by atoms with E-state index in [4.69, 9.17) is 23.2 Å². The molecule has 0 radical (unpaired) electrons. The molecule has 2 heterocycles. The van der Waals surface area contributed by atoms with Crippen molar-refractivity contribution in [2.75, 3.05) is 5.32 Å². The van der Waals surface area contributed by atoms with Crippen LogP contribution in [0.5, 0.6) is 5.75 Å². The summed E-state index contributed by atoms with van der Waals surface area (Å²) in [5.41, 5.74) is 1.59. The van der Waals surface area contributed by atoms with Gasteiger partial charge in [-0.2, -0.15) is 10.1 Å². The average molecular weight is 377 g/mol. The zero-order chi connectivity index (χ0) is 17.6. The summed E-state index contributed by atoms with van der Waals surface area (Å²) in [7, 11) is 0. The van der Waals surface area contributed by atoms with E-state index in [9.17, 15) is 9.50 Å². The van der Waals surface area contributed by atoms with Gasteiger partial charge in [-0.3, -0.25) is 0 Å². The molecule has 3 aromatic rings. The molecule has 0 unspecified atom stereocenters. The van der Waals surface area contributed by atoms with Gasteiger partial charge in [0.05, 0.1) is 5.70 Å². The second-order valence-corrected chi connectivity index (χ2v) is 6.35. The Hall–Kier alpha value is -2.57. The molecule has 8 heteroatoms. The number of aromatic hydroxyl groups is 1. The molecule has 5 nitrogen and oxygen atoms in total. The van der Waals surface area contributed by atoms with Gasteiger partial charge < -0.3 is 10.4 Å². The molecule has 0 saturated carbocycles. The highest BCUT2D eigenvalue weighted by Crippen LogP contribution is 2.37. The number of phenols is 1. The van der Waals surface area contributed by atoms with E-state index in [-0.39, 0.29) is 11.8 Å². The van der Waals surface area contributed by atoms with Crippen molar-refractivity contribution in [1.29, 1.82) is 0 Å². The summed E-state index contributed by atoms with van der Waals surface area (Å²) >= 11 is 12.3. The van der Waals surface area contributed by atoms with Crippen LogP contribution in [-0.2, 0) is 0 Å². The van der Waals surface area contributed by atoms with Gasteiger partial charge in [-0.05, 0) is 42.0 Å². The lowest BCUT2D eigenvalue weighted by molar-refractivity contribution is 0.471. The van der Waals surface area contributed by atoms with Crippen molar-refractivity contribution in [1.82, 2.24) is 14.8 Å². The summed E-state index contributed by atoms with van der Waals surface area (Å²) in [6, 6.07) is 8.53. The maximum Gasteiger partial charge on any atom is 0.226 e. The third kappa shape index (κ3) is 2.83. The summed E-state index contributed by atoms with van der Waals surface area (Å²) in [6.07, 6.45) is 3.20. The Labute approximate surface area is 152 Å². The molecule has 1 aliphatic heterocycles. The molecule has 0 spiro atoms. The van der Waals surface area contributed by atoms with Gasteiger partial charge in [0.2, 0.25) is 5.95 Å². The van der Waals surface area contributed by atoms with Gasteiger partial charge in [0.15, 0.2) is 0 Å². The molecule has 2 N–H and O–H groups in total. The second-order valence-electron chi connectivity index (χ2n) is 5.51. The fourth-order valence-corrected chi connectivity index (χ4v) is 3.30. The number of halogens is 3. The lowest BCUT2D eigenvalue weighted by Gasteiger charge is -2.25. The zero-order valence-electron chi connectivity index (χ0n) is 12.6. The van der Waals surface area contributed by atoms with E-state index in [0.717, 1.165) is 5.56 Å². The number of nitrogens with zero attached hydrogens (tertiary/aromatic N) is 3. The molecule has 0 fully saturated rings. The fraction of sp³-hybridized carbons (Fsp3) is 0.0588. The fourth-order valence-electron chi connectivity index (χ4n) is 2.78. The van der Waals surface area contributed by atoms with Gasteiger partial charge in [0, 0.05) is 15.6 Å². The monoisotopic (exact) mass is 376 g/mol. The van der Waals surface area contributed by atoms with Crippen molar-refractivity contribution in [2.45, 2.75) is 6.04 Å². The van der Waals surface area contributed by atoms with E-state index in [2.05, 4.69) is 15.4 Å². The van der Waals surface area contributed by atoms with Crippen LogP contribution in [0.1, 0.15) is 17.2 Å². The molecule has 1 atom stereocenters. The summed E-state index contributed by atoms with van der Waals surface area (Å²) in [5, 5.41) is 18.4. The molecule has 0 aliphatic carbocycles. The Kier molecular flexibility index (Phi) is 3.86. The van der Waals surface area contributed by atoms with Crippen molar-refractivity contribution in [3.05, 3.63) is 75.8 Å². The molecule has 25 heavy (non-hydrogen) atoms. The molecule has 0 saturated heterocycles. The molecule has 1 aliphatic rings. The van der Waals surface area contributed by atoms with Gasteiger partial charge in [0.25, 0.3) is 0 Å². The topological polar surface area (TPSA) is 63.0 Å². The number of benzene rings is 2. The van der Waals surface area contributed by atoms with E-state index in [1.54, 1.807) is 29.0 Å². The minimum absolute atomic E-state index is 0.0472. The Morgan fingerprint density at radius 2 is 2.00 bits per heavy atom. The van der Waals surface area contributed by atoms with Crippen LogP contribution in [0.15, 0.2) is 48.8 Å². The molecular weight excluding hydrogens is 366 g/mol. The van der Waals surface area contributed by atoms with Crippen molar-refractivity contribution in [3.63, 3.8) is 0 Å². The summed E-state index contributed by atoms with van der Waals surface area (Å²) in [5.74, 6) is -0.0464. The normalized spacial score (nSPS) is 16.1. The zero-order valence-corrected chi connectivity index (χ0v) is 14.1. The number of hydrogen-bond acceptors (Lipinski definition) is 4. The number of hydrogen-bond donors (Lipinski definition) is 2. The molecule has 1 aromatic heterocycles.